The molecule has 0 aromatic heterocycles. The topological polar surface area (TPSA) is 58.2 Å². The minimum atomic E-state index is -0.254. The van der Waals surface area contributed by atoms with Gasteiger partial charge in [-0.25, -0.2) is 0 Å². The van der Waals surface area contributed by atoms with Gasteiger partial charge in [0.25, 0.3) is 11.8 Å². The molecule has 3 rings (SSSR count). The smallest absolute Gasteiger partial charge is 0.255 e. The van der Waals surface area contributed by atoms with Gasteiger partial charge in [-0.15, -0.1) is 0 Å². The van der Waals surface area contributed by atoms with E-state index >= 15 is 0 Å². The maximum absolute atomic E-state index is 12.5. The summed E-state index contributed by atoms with van der Waals surface area (Å²) in [4.78, 5) is 24.9. The first-order valence-corrected chi connectivity index (χ1v) is 9.34. The lowest BCUT2D eigenvalue weighted by Crippen LogP contribution is -2.16. The maximum Gasteiger partial charge on any atom is 0.255 e. The highest BCUT2D eigenvalue weighted by Crippen LogP contribution is 2.23. The number of nitrogens with one attached hydrogen (secondary N) is 2. The van der Waals surface area contributed by atoms with Gasteiger partial charge in [-0.3, -0.25) is 9.59 Å². The van der Waals surface area contributed by atoms with Crippen LogP contribution in [0.1, 0.15) is 20.7 Å². The molecule has 0 saturated heterocycles. The zero-order valence-corrected chi connectivity index (χ0v) is 16.7. The quantitative estimate of drug-likeness (QED) is 0.509. The van der Waals surface area contributed by atoms with Gasteiger partial charge in [-0.2, -0.15) is 0 Å². The highest BCUT2D eigenvalue weighted by Gasteiger charge is 2.12. The molecule has 0 atom stereocenters. The van der Waals surface area contributed by atoms with Gasteiger partial charge in [0.1, 0.15) is 0 Å². The number of anilines is 2. The van der Waals surface area contributed by atoms with E-state index in [-0.39, 0.29) is 11.8 Å². The van der Waals surface area contributed by atoms with Crippen LogP contribution in [-0.2, 0) is 0 Å². The van der Waals surface area contributed by atoms with E-state index in [9.17, 15) is 9.59 Å². The molecule has 0 spiro atoms. The number of amides is 2. The number of carbonyl (C=O) groups excluding carboxylic acids is 2. The van der Waals surface area contributed by atoms with Crippen LogP contribution in [0, 0.1) is 0 Å². The van der Waals surface area contributed by atoms with Crippen molar-refractivity contribution >= 4 is 55.0 Å². The molecule has 6 heteroatoms. The Morgan fingerprint density at radius 1 is 0.615 bits per heavy atom. The molecule has 3 aromatic carbocycles. The Morgan fingerprint density at radius 3 is 1.42 bits per heavy atom. The second-order valence-corrected chi connectivity index (χ2v) is 7.31. The molecule has 0 aliphatic carbocycles. The van der Waals surface area contributed by atoms with E-state index < -0.39 is 0 Å². The first kappa shape index (κ1) is 18.4. The molecule has 0 saturated carbocycles. The van der Waals surface area contributed by atoms with Crippen LogP contribution in [0.2, 0.25) is 0 Å². The molecule has 0 radical (unpaired) electrons. The fourth-order valence-electron chi connectivity index (χ4n) is 2.35. The third-order valence-corrected chi connectivity index (χ3v) is 4.58. The summed E-state index contributed by atoms with van der Waals surface area (Å²) >= 11 is 6.71. The lowest BCUT2D eigenvalue weighted by atomic mass is 10.2. The van der Waals surface area contributed by atoms with E-state index in [0.29, 0.717) is 22.5 Å². The number of benzene rings is 3. The van der Waals surface area contributed by atoms with Gasteiger partial charge < -0.3 is 10.6 Å². The second kappa shape index (κ2) is 8.29. The van der Waals surface area contributed by atoms with E-state index in [1.807, 2.05) is 12.1 Å². The second-order valence-electron chi connectivity index (χ2n) is 5.47. The summed E-state index contributed by atoms with van der Waals surface area (Å²) in [6.07, 6.45) is 0. The third-order valence-electron chi connectivity index (χ3n) is 3.60. The molecule has 0 fully saturated rings. The molecule has 0 heterocycles. The van der Waals surface area contributed by atoms with Crippen molar-refractivity contribution in [3.63, 3.8) is 0 Å². The Kier molecular flexibility index (Phi) is 5.85. The normalized spacial score (nSPS) is 10.2. The Labute approximate surface area is 167 Å². The minimum Gasteiger partial charge on any atom is -0.320 e. The molecule has 0 aliphatic rings. The summed E-state index contributed by atoms with van der Waals surface area (Å²) in [6, 6.07) is 21.3. The first-order chi connectivity index (χ1) is 12.5. The Morgan fingerprint density at radius 2 is 1.04 bits per heavy atom. The average Bonchev–Trinajstić information content (AvgIpc) is 2.63. The van der Waals surface area contributed by atoms with E-state index in [0.717, 1.165) is 8.95 Å². The van der Waals surface area contributed by atoms with Crippen molar-refractivity contribution in [2.75, 3.05) is 10.6 Å². The van der Waals surface area contributed by atoms with Crippen molar-refractivity contribution in [3.05, 3.63) is 92.9 Å². The molecule has 130 valence electrons. The molecular formula is C20H14Br2N2O2. The summed E-state index contributed by atoms with van der Waals surface area (Å²) in [7, 11) is 0. The summed E-state index contributed by atoms with van der Waals surface area (Å²) in [5.74, 6) is -0.508. The minimum absolute atomic E-state index is 0.254. The molecule has 3 aromatic rings. The SMILES string of the molecule is O=C(Nc1ccccc1NC(=O)c1cccc(Br)c1)c1cccc(Br)c1. The number of carbonyl (C=O) groups is 2. The molecular weight excluding hydrogens is 460 g/mol. The molecule has 0 aliphatic heterocycles. The average molecular weight is 474 g/mol. The van der Waals surface area contributed by atoms with Crippen LogP contribution in [0.4, 0.5) is 11.4 Å². The van der Waals surface area contributed by atoms with E-state index in [1.54, 1.807) is 60.7 Å². The van der Waals surface area contributed by atoms with Gasteiger partial charge >= 0.3 is 0 Å². The molecule has 0 unspecified atom stereocenters. The number of hydrogen-bond donors (Lipinski definition) is 2. The van der Waals surface area contributed by atoms with E-state index in [1.165, 1.54) is 0 Å². The number of para-hydroxylation sites is 2. The molecule has 26 heavy (non-hydrogen) atoms. The van der Waals surface area contributed by atoms with Crippen molar-refractivity contribution in [3.8, 4) is 0 Å². The summed E-state index contributed by atoms with van der Waals surface area (Å²) in [5.41, 5.74) is 2.10. The lowest BCUT2D eigenvalue weighted by Gasteiger charge is -2.12. The highest BCUT2D eigenvalue weighted by atomic mass is 79.9. The van der Waals surface area contributed by atoms with Crippen LogP contribution < -0.4 is 10.6 Å². The van der Waals surface area contributed by atoms with Crippen LogP contribution in [-0.4, -0.2) is 11.8 Å². The highest BCUT2D eigenvalue weighted by molar-refractivity contribution is 9.10. The summed E-state index contributed by atoms with van der Waals surface area (Å²) < 4.78 is 1.64. The lowest BCUT2D eigenvalue weighted by molar-refractivity contribution is 0.101. The fraction of sp³-hybridized carbons (Fsp3) is 0. The van der Waals surface area contributed by atoms with Gasteiger partial charge in [0.05, 0.1) is 11.4 Å². The van der Waals surface area contributed by atoms with Crippen molar-refractivity contribution in [2.45, 2.75) is 0 Å². The van der Waals surface area contributed by atoms with Crippen molar-refractivity contribution in [1.82, 2.24) is 0 Å². The van der Waals surface area contributed by atoms with Crippen LogP contribution in [0.15, 0.2) is 81.7 Å². The van der Waals surface area contributed by atoms with Gasteiger partial charge in [0, 0.05) is 20.1 Å². The summed E-state index contributed by atoms with van der Waals surface area (Å²) in [5, 5.41) is 5.68. The largest absolute Gasteiger partial charge is 0.320 e. The predicted molar refractivity (Wildman–Crippen MR) is 111 cm³/mol. The van der Waals surface area contributed by atoms with Crippen LogP contribution in [0.3, 0.4) is 0 Å². The fourth-order valence-corrected chi connectivity index (χ4v) is 3.15. The zero-order valence-electron chi connectivity index (χ0n) is 13.5. The Balaban J connectivity index is 1.80. The van der Waals surface area contributed by atoms with Crippen LogP contribution in [0.5, 0.6) is 0 Å². The number of hydrogen-bond acceptors (Lipinski definition) is 2. The first-order valence-electron chi connectivity index (χ1n) is 7.76. The van der Waals surface area contributed by atoms with E-state index in [2.05, 4.69) is 42.5 Å². The van der Waals surface area contributed by atoms with Gasteiger partial charge in [-0.1, -0.05) is 56.1 Å². The maximum atomic E-state index is 12.5. The van der Waals surface area contributed by atoms with Crippen molar-refractivity contribution in [2.24, 2.45) is 0 Å². The van der Waals surface area contributed by atoms with E-state index in [4.69, 9.17) is 0 Å². The molecule has 2 amide bonds. The molecule has 0 bridgehead atoms. The van der Waals surface area contributed by atoms with Gasteiger partial charge in [0.2, 0.25) is 0 Å². The Bertz CT molecular complexity index is 895. The number of rotatable bonds is 4. The zero-order chi connectivity index (χ0) is 18.5. The molecule has 4 nitrogen and oxygen atoms in total. The predicted octanol–water partition coefficient (Wildman–Crippen LogP) is 5.72. The Hall–Kier alpha value is -2.44. The monoisotopic (exact) mass is 472 g/mol. The standard InChI is InChI=1S/C20H14Br2N2O2/c21-15-7-3-5-13(11-15)19(25)23-17-9-1-2-10-18(17)24-20(26)14-6-4-8-16(22)12-14/h1-12H,(H,23,25)(H,24,26). The summed E-state index contributed by atoms with van der Waals surface area (Å²) in [6.45, 7) is 0. The van der Waals surface area contributed by atoms with Gasteiger partial charge in [0.15, 0.2) is 0 Å². The van der Waals surface area contributed by atoms with Crippen LogP contribution >= 0.6 is 31.9 Å². The van der Waals surface area contributed by atoms with Gasteiger partial charge in [-0.05, 0) is 48.5 Å². The third kappa shape index (κ3) is 4.59. The van der Waals surface area contributed by atoms with Crippen molar-refractivity contribution in [1.29, 1.82) is 0 Å². The number of halogens is 2. The molecule has 2 N–H and O–H groups in total. The van der Waals surface area contributed by atoms with Crippen LogP contribution in [0.25, 0.3) is 0 Å². The van der Waals surface area contributed by atoms with Crippen molar-refractivity contribution < 1.29 is 9.59 Å².